The van der Waals surface area contributed by atoms with Crippen LogP contribution in [0.25, 0.3) is 0 Å². The van der Waals surface area contributed by atoms with Crippen LogP contribution in [0, 0.1) is 16.0 Å². The van der Waals surface area contributed by atoms with Gasteiger partial charge in [0.15, 0.2) is 0 Å². The molecule has 2 saturated heterocycles. The number of nitrogens with zero attached hydrogens (tertiary/aromatic N) is 3. The largest absolute Gasteiger partial charge is 0.458 e. The van der Waals surface area contributed by atoms with E-state index in [2.05, 4.69) is 9.80 Å². The molecule has 0 aromatic heterocycles. The van der Waals surface area contributed by atoms with Gasteiger partial charge in [0.2, 0.25) is 0 Å². The van der Waals surface area contributed by atoms with Crippen LogP contribution < -0.4 is 4.90 Å². The van der Waals surface area contributed by atoms with Gasteiger partial charge in [0.1, 0.15) is 11.8 Å². The number of piperidine rings is 1. The average Bonchev–Trinajstić information content (AvgIpc) is 2.65. The number of nitro benzene ring substituents is 1. The molecule has 8 heteroatoms. The number of carbonyl (C=O) groups is 1. The van der Waals surface area contributed by atoms with Gasteiger partial charge in [0.05, 0.1) is 11.5 Å². The third-order valence-electron chi connectivity index (χ3n) is 5.64. The van der Waals surface area contributed by atoms with Crippen molar-refractivity contribution >= 4 is 17.3 Å². The van der Waals surface area contributed by atoms with Crippen LogP contribution in [0.2, 0.25) is 0 Å². The maximum absolute atomic E-state index is 11.2. The zero-order valence-corrected chi connectivity index (χ0v) is 17.5. The zero-order chi connectivity index (χ0) is 21.0. The summed E-state index contributed by atoms with van der Waals surface area (Å²) in [4.78, 5) is 26.2. The Bertz CT molecular complexity index is 714. The van der Waals surface area contributed by atoms with E-state index in [0.717, 1.165) is 51.2 Å². The summed E-state index contributed by atoms with van der Waals surface area (Å²) in [6.45, 7) is 9.54. The smallest absolute Gasteiger partial charge is 0.303 e. The van der Waals surface area contributed by atoms with E-state index in [9.17, 15) is 14.9 Å². The minimum atomic E-state index is -0.510. The minimum absolute atomic E-state index is 0.109. The van der Waals surface area contributed by atoms with Crippen molar-refractivity contribution in [2.75, 3.05) is 37.7 Å². The number of benzene rings is 1. The first-order valence-corrected chi connectivity index (χ1v) is 10.3. The number of hydrogen-bond donors (Lipinski definition) is 0. The Morgan fingerprint density at radius 3 is 2.34 bits per heavy atom. The van der Waals surface area contributed by atoms with Gasteiger partial charge in [-0.1, -0.05) is 0 Å². The predicted molar refractivity (Wildman–Crippen MR) is 110 cm³/mol. The summed E-state index contributed by atoms with van der Waals surface area (Å²) in [5.74, 6) is 0.265. The highest BCUT2D eigenvalue weighted by Crippen LogP contribution is 2.28. The second-order valence-electron chi connectivity index (χ2n) is 8.60. The second kappa shape index (κ2) is 9.09. The molecule has 8 nitrogen and oxygen atoms in total. The summed E-state index contributed by atoms with van der Waals surface area (Å²) in [5.41, 5.74) is 0.649. The lowest BCUT2D eigenvalue weighted by Crippen LogP contribution is -2.55. The van der Waals surface area contributed by atoms with Gasteiger partial charge in [0.25, 0.3) is 5.69 Å². The van der Waals surface area contributed by atoms with Crippen LogP contribution in [0.4, 0.5) is 11.4 Å². The standard InChI is InChI=1S/C21H31N3O5/c1-16(25)29-21(2,3)15-23-13-10-20(23)28-14-17-8-11-22(12-9-17)18-4-6-19(7-5-18)24(26)27/h4-7,17,20H,8-15H2,1-3H3. The highest BCUT2D eigenvalue weighted by Gasteiger charge is 2.35. The number of non-ortho nitro benzene ring substituents is 1. The molecule has 0 spiro atoms. The molecule has 29 heavy (non-hydrogen) atoms. The maximum Gasteiger partial charge on any atom is 0.303 e. The number of ether oxygens (including phenoxy) is 2. The Labute approximate surface area is 171 Å². The molecule has 1 aromatic carbocycles. The number of likely N-dealkylation sites (tertiary alicyclic amines) is 1. The summed E-state index contributed by atoms with van der Waals surface area (Å²) in [6, 6.07) is 6.78. The number of anilines is 1. The Hall–Kier alpha value is -2.19. The lowest BCUT2D eigenvalue weighted by molar-refractivity contribution is -0.384. The maximum atomic E-state index is 11.2. The Morgan fingerprint density at radius 1 is 1.17 bits per heavy atom. The van der Waals surface area contributed by atoms with Crippen molar-refractivity contribution in [3.8, 4) is 0 Å². The molecule has 2 aliphatic heterocycles. The number of esters is 1. The number of carbonyl (C=O) groups excluding carboxylic acids is 1. The van der Waals surface area contributed by atoms with E-state index < -0.39 is 5.60 Å². The van der Waals surface area contributed by atoms with E-state index in [0.29, 0.717) is 12.5 Å². The van der Waals surface area contributed by atoms with Crippen molar-refractivity contribution in [3.63, 3.8) is 0 Å². The third-order valence-corrected chi connectivity index (χ3v) is 5.64. The van der Waals surface area contributed by atoms with Crippen LogP contribution in [-0.4, -0.2) is 60.4 Å². The van der Waals surface area contributed by atoms with E-state index in [1.165, 1.54) is 6.92 Å². The summed E-state index contributed by atoms with van der Waals surface area (Å²) < 4.78 is 11.5. The number of hydrogen-bond acceptors (Lipinski definition) is 7. The summed E-state index contributed by atoms with van der Waals surface area (Å²) in [7, 11) is 0. The Kier molecular flexibility index (Phi) is 6.74. The average molecular weight is 405 g/mol. The quantitative estimate of drug-likeness (QED) is 0.373. The van der Waals surface area contributed by atoms with Gasteiger partial charge in [-0.3, -0.25) is 19.8 Å². The topological polar surface area (TPSA) is 85.1 Å². The predicted octanol–water partition coefficient (Wildman–Crippen LogP) is 3.20. The molecule has 2 heterocycles. The highest BCUT2D eigenvalue weighted by molar-refractivity contribution is 5.66. The molecule has 3 rings (SSSR count). The van der Waals surface area contributed by atoms with Crippen LogP contribution in [0.15, 0.2) is 24.3 Å². The van der Waals surface area contributed by atoms with Crippen molar-refractivity contribution in [2.24, 2.45) is 5.92 Å². The third kappa shape index (κ3) is 5.90. The molecule has 160 valence electrons. The molecular weight excluding hydrogens is 374 g/mol. The fourth-order valence-electron chi connectivity index (χ4n) is 4.09. The lowest BCUT2D eigenvalue weighted by atomic mass is 9.97. The van der Waals surface area contributed by atoms with Crippen LogP contribution in [0.5, 0.6) is 0 Å². The van der Waals surface area contributed by atoms with Crippen LogP contribution >= 0.6 is 0 Å². The Balaban J connectivity index is 1.40. The molecular formula is C21H31N3O5. The first-order valence-electron chi connectivity index (χ1n) is 10.3. The fourth-order valence-corrected chi connectivity index (χ4v) is 4.09. The number of rotatable bonds is 8. The van der Waals surface area contributed by atoms with Gasteiger partial charge in [-0.2, -0.15) is 0 Å². The number of nitro groups is 1. The van der Waals surface area contributed by atoms with E-state index in [4.69, 9.17) is 9.47 Å². The van der Waals surface area contributed by atoms with E-state index in [-0.39, 0.29) is 22.8 Å². The van der Waals surface area contributed by atoms with Gasteiger partial charge in [-0.05, 0) is 51.2 Å². The van der Waals surface area contributed by atoms with Crippen LogP contribution in [0.1, 0.15) is 40.0 Å². The Morgan fingerprint density at radius 2 is 1.83 bits per heavy atom. The normalized spacial score (nSPS) is 20.9. The first-order chi connectivity index (χ1) is 13.7. The fraction of sp³-hybridized carbons (Fsp3) is 0.667. The van der Waals surface area contributed by atoms with Crippen molar-refractivity contribution in [2.45, 2.75) is 51.9 Å². The monoisotopic (exact) mass is 405 g/mol. The second-order valence-corrected chi connectivity index (χ2v) is 8.60. The molecule has 0 amide bonds. The minimum Gasteiger partial charge on any atom is -0.458 e. The molecule has 1 atom stereocenters. The SMILES string of the molecule is CC(=O)OC(C)(C)CN1CCC1OCC1CCN(c2ccc([N+](=O)[O-])cc2)CC1. The molecule has 1 aromatic rings. The molecule has 0 saturated carbocycles. The van der Waals surface area contributed by atoms with E-state index in [1.54, 1.807) is 12.1 Å². The summed E-state index contributed by atoms with van der Waals surface area (Å²) in [5, 5.41) is 10.8. The molecule has 0 bridgehead atoms. The summed E-state index contributed by atoms with van der Waals surface area (Å²) in [6.07, 6.45) is 3.21. The van der Waals surface area contributed by atoms with Crippen LogP contribution in [0.3, 0.4) is 0 Å². The first kappa shape index (κ1) is 21.5. The van der Waals surface area contributed by atoms with Gasteiger partial charge in [-0.25, -0.2) is 0 Å². The van der Waals surface area contributed by atoms with Crippen molar-refractivity contribution in [3.05, 3.63) is 34.4 Å². The van der Waals surface area contributed by atoms with Crippen molar-refractivity contribution in [1.29, 1.82) is 0 Å². The van der Waals surface area contributed by atoms with E-state index in [1.807, 2.05) is 26.0 Å². The van der Waals surface area contributed by atoms with E-state index >= 15 is 0 Å². The molecule has 0 aliphatic carbocycles. The zero-order valence-electron chi connectivity index (χ0n) is 17.5. The van der Waals surface area contributed by atoms with Crippen molar-refractivity contribution < 1.29 is 19.2 Å². The molecule has 2 fully saturated rings. The molecule has 0 radical (unpaired) electrons. The molecule has 2 aliphatic rings. The highest BCUT2D eigenvalue weighted by atomic mass is 16.6. The lowest BCUT2D eigenvalue weighted by Gasteiger charge is -2.44. The van der Waals surface area contributed by atoms with Gasteiger partial charge in [-0.15, -0.1) is 0 Å². The van der Waals surface area contributed by atoms with Crippen LogP contribution in [-0.2, 0) is 14.3 Å². The van der Waals surface area contributed by atoms with Gasteiger partial charge < -0.3 is 14.4 Å². The van der Waals surface area contributed by atoms with Crippen molar-refractivity contribution in [1.82, 2.24) is 4.90 Å². The summed E-state index contributed by atoms with van der Waals surface area (Å²) >= 11 is 0. The van der Waals surface area contributed by atoms with Gasteiger partial charge >= 0.3 is 5.97 Å². The molecule has 0 N–H and O–H groups in total. The molecule has 1 unspecified atom stereocenters. The van der Waals surface area contributed by atoms with Gasteiger partial charge in [0, 0.05) is 50.9 Å².